The van der Waals surface area contributed by atoms with Crippen molar-refractivity contribution in [2.24, 2.45) is 5.41 Å². The van der Waals surface area contributed by atoms with Gasteiger partial charge < -0.3 is 5.32 Å². The molecular weight excluding hydrogens is 110 g/mol. The fourth-order valence-electron chi connectivity index (χ4n) is 0.375. The molecule has 0 aliphatic rings. The number of rotatable bonds is 1. The monoisotopic (exact) mass is 131 g/mol. The Morgan fingerprint density at radius 2 is 1.33 bits per heavy atom. The largest absolute Gasteiger partial charge is 0.314 e. The summed E-state index contributed by atoms with van der Waals surface area (Å²) in [7, 11) is 2.01. The van der Waals surface area contributed by atoms with Gasteiger partial charge in [-0.1, -0.05) is 20.8 Å². The molecule has 0 saturated carbocycles. The Hall–Kier alpha value is -0.0400. The summed E-state index contributed by atoms with van der Waals surface area (Å²) in [6.07, 6.45) is 0. The summed E-state index contributed by atoms with van der Waals surface area (Å²) in [5.41, 5.74) is 0.564. The SMILES string of the molecule is CNC(C)(C)C(C)(C)C.[HH]. The van der Waals surface area contributed by atoms with Crippen LogP contribution in [0.1, 0.15) is 36.0 Å². The Balaban J connectivity index is 0. The molecule has 1 N–H and O–H groups in total. The fourth-order valence-corrected chi connectivity index (χ4v) is 0.375. The van der Waals surface area contributed by atoms with Crippen LogP contribution in [-0.2, 0) is 0 Å². The molecule has 0 spiro atoms. The molecule has 0 aliphatic carbocycles. The molecule has 0 aliphatic heterocycles. The van der Waals surface area contributed by atoms with Gasteiger partial charge in [0, 0.05) is 6.97 Å². The summed E-state index contributed by atoms with van der Waals surface area (Å²) in [4.78, 5) is 0. The van der Waals surface area contributed by atoms with E-state index in [1.807, 2.05) is 7.05 Å². The van der Waals surface area contributed by atoms with Crippen LogP contribution in [0.2, 0.25) is 0 Å². The summed E-state index contributed by atoms with van der Waals surface area (Å²) in [6, 6.07) is 0. The molecule has 9 heavy (non-hydrogen) atoms. The second kappa shape index (κ2) is 2.30. The lowest BCUT2D eigenvalue weighted by atomic mass is 9.76. The van der Waals surface area contributed by atoms with Gasteiger partial charge in [0.15, 0.2) is 0 Å². The smallest absolute Gasteiger partial charge is 0.0170 e. The van der Waals surface area contributed by atoms with Crippen LogP contribution in [0.15, 0.2) is 0 Å². The average molecular weight is 131 g/mol. The average Bonchev–Trinajstić information content (AvgIpc) is 1.64. The van der Waals surface area contributed by atoms with Gasteiger partial charge in [-0.2, -0.15) is 0 Å². The van der Waals surface area contributed by atoms with Gasteiger partial charge in [0.25, 0.3) is 0 Å². The third-order valence-electron chi connectivity index (χ3n) is 2.50. The van der Waals surface area contributed by atoms with Crippen molar-refractivity contribution >= 4 is 0 Å². The highest BCUT2D eigenvalue weighted by Gasteiger charge is 2.30. The van der Waals surface area contributed by atoms with Gasteiger partial charge in [-0.3, -0.25) is 0 Å². The Bertz CT molecular complexity index is 91.9. The van der Waals surface area contributed by atoms with Crippen LogP contribution in [0.25, 0.3) is 0 Å². The van der Waals surface area contributed by atoms with Gasteiger partial charge in [-0.05, 0) is 26.3 Å². The van der Waals surface area contributed by atoms with Crippen molar-refractivity contribution < 1.29 is 1.43 Å². The normalized spacial score (nSPS) is 14.0. The van der Waals surface area contributed by atoms with Crippen molar-refractivity contribution in [3.8, 4) is 0 Å². The number of hydrogen-bond acceptors (Lipinski definition) is 1. The standard InChI is InChI=1S/C8H19N.H2/c1-7(2,3)8(4,5)9-6;/h9H,1-6H3;1H. The molecule has 0 atom stereocenters. The first kappa shape index (κ1) is 8.96. The first-order valence-electron chi connectivity index (χ1n) is 3.50. The zero-order valence-electron chi connectivity index (χ0n) is 7.50. The molecule has 1 nitrogen and oxygen atoms in total. The fraction of sp³-hybridized carbons (Fsp3) is 1.00. The van der Waals surface area contributed by atoms with Gasteiger partial charge in [0.2, 0.25) is 0 Å². The van der Waals surface area contributed by atoms with Crippen LogP contribution < -0.4 is 5.32 Å². The minimum atomic E-state index is 0. The van der Waals surface area contributed by atoms with E-state index >= 15 is 0 Å². The lowest BCUT2D eigenvalue weighted by Gasteiger charge is -2.38. The summed E-state index contributed by atoms with van der Waals surface area (Å²) < 4.78 is 0. The molecule has 0 aromatic heterocycles. The van der Waals surface area contributed by atoms with Crippen LogP contribution in [-0.4, -0.2) is 12.6 Å². The Morgan fingerprint density at radius 3 is 1.33 bits per heavy atom. The molecule has 0 radical (unpaired) electrons. The maximum atomic E-state index is 3.28. The third kappa shape index (κ3) is 1.98. The maximum absolute atomic E-state index is 3.28. The molecular formula is C8H21N. The zero-order valence-corrected chi connectivity index (χ0v) is 7.50. The zero-order chi connectivity index (χ0) is 7.71. The Kier molecular flexibility index (Phi) is 2.29. The van der Waals surface area contributed by atoms with Gasteiger partial charge in [-0.15, -0.1) is 0 Å². The van der Waals surface area contributed by atoms with Crippen molar-refractivity contribution in [3.63, 3.8) is 0 Å². The maximum Gasteiger partial charge on any atom is 0.0170 e. The van der Waals surface area contributed by atoms with Crippen LogP contribution >= 0.6 is 0 Å². The first-order valence-corrected chi connectivity index (χ1v) is 3.50. The summed E-state index contributed by atoms with van der Waals surface area (Å²) in [5, 5.41) is 3.28. The van der Waals surface area contributed by atoms with Crippen molar-refractivity contribution in [1.82, 2.24) is 5.32 Å². The van der Waals surface area contributed by atoms with E-state index in [2.05, 4.69) is 39.9 Å². The predicted molar refractivity (Wildman–Crippen MR) is 44.7 cm³/mol. The van der Waals surface area contributed by atoms with E-state index in [-0.39, 0.29) is 6.97 Å². The molecule has 0 amide bonds. The molecule has 0 rings (SSSR count). The van der Waals surface area contributed by atoms with Crippen LogP contribution in [0.4, 0.5) is 0 Å². The lowest BCUT2D eigenvalue weighted by Crippen LogP contribution is -2.47. The molecule has 0 aromatic carbocycles. The summed E-state index contributed by atoms with van der Waals surface area (Å²) in [6.45, 7) is 11.1. The van der Waals surface area contributed by atoms with E-state index in [0.29, 0.717) is 5.41 Å². The third-order valence-corrected chi connectivity index (χ3v) is 2.50. The Morgan fingerprint density at radius 1 is 1.00 bits per heavy atom. The van der Waals surface area contributed by atoms with Crippen molar-refractivity contribution in [2.45, 2.75) is 40.2 Å². The van der Waals surface area contributed by atoms with Crippen LogP contribution in [0.5, 0.6) is 0 Å². The molecule has 58 valence electrons. The first-order chi connectivity index (χ1) is 3.81. The summed E-state index contributed by atoms with van der Waals surface area (Å²) in [5.74, 6) is 0. The van der Waals surface area contributed by atoms with E-state index in [0.717, 1.165) is 0 Å². The van der Waals surface area contributed by atoms with Gasteiger partial charge in [-0.25, -0.2) is 0 Å². The number of hydrogen-bond donors (Lipinski definition) is 1. The molecule has 1 heteroatoms. The molecule has 0 bridgehead atoms. The van der Waals surface area contributed by atoms with Gasteiger partial charge in [0.05, 0.1) is 0 Å². The molecule has 0 saturated heterocycles. The second-order valence-electron chi connectivity index (χ2n) is 4.12. The van der Waals surface area contributed by atoms with Gasteiger partial charge >= 0.3 is 0 Å². The molecule has 0 aromatic rings. The molecule has 0 heterocycles. The van der Waals surface area contributed by atoms with E-state index in [4.69, 9.17) is 0 Å². The van der Waals surface area contributed by atoms with Crippen molar-refractivity contribution in [2.75, 3.05) is 7.05 Å². The summed E-state index contributed by atoms with van der Waals surface area (Å²) >= 11 is 0. The number of nitrogens with one attached hydrogen (secondary N) is 1. The minimum Gasteiger partial charge on any atom is -0.314 e. The lowest BCUT2D eigenvalue weighted by molar-refractivity contribution is 0.189. The minimum absolute atomic E-state index is 0. The van der Waals surface area contributed by atoms with Crippen LogP contribution in [0, 0.1) is 5.41 Å². The van der Waals surface area contributed by atoms with Gasteiger partial charge in [0.1, 0.15) is 0 Å². The van der Waals surface area contributed by atoms with E-state index < -0.39 is 0 Å². The van der Waals surface area contributed by atoms with Crippen molar-refractivity contribution in [3.05, 3.63) is 0 Å². The van der Waals surface area contributed by atoms with E-state index in [1.165, 1.54) is 0 Å². The quantitative estimate of drug-likeness (QED) is 0.575. The van der Waals surface area contributed by atoms with Crippen LogP contribution in [0.3, 0.4) is 0 Å². The molecule has 0 fully saturated rings. The Labute approximate surface area is 60.3 Å². The van der Waals surface area contributed by atoms with E-state index in [9.17, 15) is 0 Å². The highest BCUT2D eigenvalue weighted by molar-refractivity contribution is 4.88. The molecule has 0 unspecified atom stereocenters. The predicted octanol–water partition coefficient (Wildman–Crippen LogP) is 2.28. The highest BCUT2D eigenvalue weighted by Crippen LogP contribution is 2.28. The second-order valence-corrected chi connectivity index (χ2v) is 4.12. The van der Waals surface area contributed by atoms with E-state index in [1.54, 1.807) is 0 Å². The van der Waals surface area contributed by atoms with Crippen molar-refractivity contribution in [1.29, 1.82) is 0 Å². The topological polar surface area (TPSA) is 12.0 Å². The highest BCUT2D eigenvalue weighted by atomic mass is 14.9.